The van der Waals surface area contributed by atoms with Gasteiger partial charge in [0.25, 0.3) is 0 Å². The largest absolute Gasteiger partial charge is 0.480 e. The normalized spacial score (nSPS) is 15.2. The van der Waals surface area contributed by atoms with E-state index in [9.17, 15) is 24.3 Å². The van der Waals surface area contributed by atoms with Gasteiger partial charge in [-0.2, -0.15) is 0 Å². The van der Waals surface area contributed by atoms with E-state index >= 15 is 0 Å². The molecule has 0 aliphatic carbocycles. The zero-order valence-electron chi connectivity index (χ0n) is 16.6. The van der Waals surface area contributed by atoms with Crippen molar-refractivity contribution in [3.63, 3.8) is 0 Å². The second kappa shape index (κ2) is 13.0. The van der Waals surface area contributed by atoms with Gasteiger partial charge in [-0.15, -0.1) is 0 Å². The third kappa shape index (κ3) is 9.11. The molecule has 0 fully saturated rings. The van der Waals surface area contributed by atoms with Crippen LogP contribution in [0.4, 0.5) is 0 Å². The average molecular weight is 403 g/mol. The Morgan fingerprint density at radius 1 is 0.893 bits per heavy atom. The van der Waals surface area contributed by atoms with Crippen LogP contribution in [0.2, 0.25) is 0 Å². The molecule has 0 aliphatic heterocycles. The highest BCUT2D eigenvalue weighted by molar-refractivity contribution is 5.93. The molecule has 0 saturated heterocycles. The number of hydrogen-bond donors (Lipinski definition) is 7. The van der Waals surface area contributed by atoms with Crippen LogP contribution in [0.5, 0.6) is 0 Å². The van der Waals surface area contributed by atoms with Gasteiger partial charge in [0.2, 0.25) is 17.7 Å². The van der Waals surface area contributed by atoms with Gasteiger partial charge in [0, 0.05) is 0 Å². The summed E-state index contributed by atoms with van der Waals surface area (Å²) in [7, 11) is 0. The lowest BCUT2D eigenvalue weighted by Crippen LogP contribution is -2.59. The third-order valence-corrected chi connectivity index (χ3v) is 4.08. The van der Waals surface area contributed by atoms with Crippen molar-refractivity contribution >= 4 is 23.7 Å². The zero-order chi connectivity index (χ0) is 21.9. The quantitative estimate of drug-likeness (QED) is 0.166. The summed E-state index contributed by atoms with van der Waals surface area (Å²) in [5.74, 6) is -3.62. The van der Waals surface area contributed by atoms with E-state index in [1.54, 1.807) is 13.8 Å². The molecule has 0 aromatic heterocycles. The molecule has 0 aromatic rings. The van der Waals surface area contributed by atoms with E-state index in [2.05, 4.69) is 16.0 Å². The Bertz CT molecular complexity index is 540. The lowest BCUT2D eigenvalue weighted by Gasteiger charge is -2.27. The molecule has 0 spiro atoms. The van der Waals surface area contributed by atoms with Crippen LogP contribution in [-0.4, -0.2) is 71.2 Å². The van der Waals surface area contributed by atoms with E-state index in [-0.39, 0.29) is 12.5 Å². The molecule has 11 nitrogen and oxygen atoms in total. The summed E-state index contributed by atoms with van der Waals surface area (Å²) in [6.07, 6.45) is 0.233. The summed E-state index contributed by atoms with van der Waals surface area (Å²) in [4.78, 5) is 47.9. The van der Waals surface area contributed by atoms with E-state index in [0.717, 1.165) is 0 Å². The highest BCUT2D eigenvalue weighted by Crippen LogP contribution is 2.07. The summed E-state index contributed by atoms with van der Waals surface area (Å²) in [6.45, 7) is 4.72. The fourth-order valence-electron chi connectivity index (χ4n) is 2.44. The second-order valence-corrected chi connectivity index (χ2v) is 6.90. The monoisotopic (exact) mass is 403 g/mol. The minimum absolute atomic E-state index is 0.288. The van der Waals surface area contributed by atoms with Gasteiger partial charge < -0.3 is 37.6 Å². The van der Waals surface area contributed by atoms with E-state index in [4.69, 9.17) is 16.6 Å². The molecule has 3 amide bonds. The lowest BCUT2D eigenvalue weighted by molar-refractivity contribution is -0.145. The molecular weight excluding hydrogens is 370 g/mol. The number of carbonyl (C=O) groups is 4. The fraction of sp³-hybridized carbons (Fsp3) is 0.765. The number of hydrogen-bond acceptors (Lipinski definition) is 7. The number of nitrogens with two attached hydrogens (primary N) is 2. The predicted molar refractivity (Wildman–Crippen MR) is 102 cm³/mol. The topological polar surface area (TPSA) is 197 Å². The minimum Gasteiger partial charge on any atom is -0.480 e. The maximum absolute atomic E-state index is 12.6. The maximum atomic E-state index is 12.6. The van der Waals surface area contributed by atoms with Crippen molar-refractivity contribution in [1.82, 2.24) is 16.0 Å². The molecule has 28 heavy (non-hydrogen) atoms. The van der Waals surface area contributed by atoms with E-state index < -0.39 is 47.9 Å². The van der Waals surface area contributed by atoms with Crippen LogP contribution in [0.1, 0.15) is 40.0 Å². The van der Waals surface area contributed by atoms with Crippen LogP contribution in [-0.2, 0) is 19.2 Å². The van der Waals surface area contributed by atoms with E-state index in [1.165, 1.54) is 6.92 Å². The summed E-state index contributed by atoms with van der Waals surface area (Å²) >= 11 is 0. The van der Waals surface area contributed by atoms with E-state index in [0.29, 0.717) is 25.8 Å². The SMILES string of the molecule is CC(C)C(NC(=O)C(CCCCN)NC(=O)CN)C(=O)NC(C(=O)O)C(C)O. The second-order valence-electron chi connectivity index (χ2n) is 6.90. The zero-order valence-corrected chi connectivity index (χ0v) is 16.6. The number of aliphatic hydroxyl groups is 1. The third-order valence-electron chi connectivity index (χ3n) is 4.08. The molecule has 0 rings (SSSR count). The molecule has 0 aromatic carbocycles. The van der Waals surface area contributed by atoms with Crippen molar-refractivity contribution in [1.29, 1.82) is 0 Å². The number of rotatable bonds is 13. The number of aliphatic carboxylic acids is 1. The van der Waals surface area contributed by atoms with Crippen molar-refractivity contribution in [3.05, 3.63) is 0 Å². The molecule has 9 N–H and O–H groups in total. The van der Waals surface area contributed by atoms with E-state index in [1.807, 2.05) is 0 Å². The van der Waals surface area contributed by atoms with Crippen molar-refractivity contribution in [2.24, 2.45) is 17.4 Å². The first-order valence-electron chi connectivity index (χ1n) is 9.26. The van der Waals surface area contributed by atoms with Crippen LogP contribution >= 0.6 is 0 Å². The van der Waals surface area contributed by atoms with Crippen LogP contribution in [0.3, 0.4) is 0 Å². The number of aliphatic hydroxyl groups excluding tert-OH is 1. The molecule has 4 unspecified atom stereocenters. The van der Waals surface area contributed by atoms with Gasteiger partial charge in [0.15, 0.2) is 6.04 Å². The molecule has 0 aliphatic rings. The lowest BCUT2D eigenvalue weighted by atomic mass is 10.0. The van der Waals surface area contributed by atoms with Crippen LogP contribution in [0.25, 0.3) is 0 Å². The number of unbranched alkanes of at least 4 members (excludes halogenated alkanes) is 1. The molecular formula is C17H33N5O6. The average Bonchev–Trinajstić information content (AvgIpc) is 2.61. The Hall–Kier alpha value is -2.24. The maximum Gasteiger partial charge on any atom is 0.328 e. The van der Waals surface area contributed by atoms with Gasteiger partial charge in [0.1, 0.15) is 12.1 Å². The number of carbonyl (C=O) groups excluding carboxylic acids is 3. The highest BCUT2D eigenvalue weighted by atomic mass is 16.4. The first-order valence-corrected chi connectivity index (χ1v) is 9.26. The van der Waals surface area contributed by atoms with Gasteiger partial charge in [0.05, 0.1) is 12.6 Å². The summed E-state index contributed by atoms with van der Waals surface area (Å²) < 4.78 is 0. The van der Waals surface area contributed by atoms with Crippen molar-refractivity contribution < 1.29 is 29.4 Å². The Kier molecular flexibility index (Phi) is 12.0. The summed E-state index contributed by atoms with van der Waals surface area (Å²) in [6, 6.07) is -3.47. The Morgan fingerprint density at radius 2 is 1.46 bits per heavy atom. The van der Waals surface area contributed by atoms with Crippen molar-refractivity contribution in [2.45, 2.75) is 64.3 Å². The van der Waals surface area contributed by atoms with Crippen LogP contribution < -0.4 is 27.4 Å². The van der Waals surface area contributed by atoms with Crippen LogP contribution in [0.15, 0.2) is 0 Å². The molecule has 0 radical (unpaired) electrons. The first kappa shape index (κ1) is 25.8. The van der Waals surface area contributed by atoms with Gasteiger partial charge in [-0.05, 0) is 38.6 Å². The van der Waals surface area contributed by atoms with Crippen molar-refractivity contribution in [3.8, 4) is 0 Å². The standard InChI is InChI=1S/C17H33N5O6/c1-9(2)13(16(26)22-14(10(3)23)17(27)28)21-15(25)11(6-4-5-7-18)20-12(24)8-19/h9-11,13-14,23H,4-8,18-19H2,1-3H3,(H,20,24)(H,21,25)(H,22,26)(H,27,28). The molecule has 0 bridgehead atoms. The summed E-state index contributed by atoms with van der Waals surface area (Å²) in [5.41, 5.74) is 10.7. The van der Waals surface area contributed by atoms with Crippen LogP contribution in [0, 0.1) is 5.92 Å². The molecule has 0 heterocycles. The van der Waals surface area contributed by atoms with Gasteiger partial charge >= 0.3 is 5.97 Å². The molecule has 0 saturated carbocycles. The van der Waals surface area contributed by atoms with Gasteiger partial charge in [-0.25, -0.2) is 4.79 Å². The van der Waals surface area contributed by atoms with Gasteiger partial charge in [-0.1, -0.05) is 13.8 Å². The predicted octanol–water partition coefficient (Wildman–Crippen LogP) is -2.35. The molecule has 162 valence electrons. The number of nitrogens with one attached hydrogen (secondary N) is 3. The Morgan fingerprint density at radius 3 is 1.89 bits per heavy atom. The first-order chi connectivity index (χ1) is 13.0. The Labute approximate surface area is 164 Å². The summed E-state index contributed by atoms with van der Waals surface area (Å²) in [5, 5.41) is 25.9. The molecule has 4 atom stereocenters. The van der Waals surface area contributed by atoms with Gasteiger partial charge in [-0.3, -0.25) is 14.4 Å². The fourth-order valence-corrected chi connectivity index (χ4v) is 2.44. The molecule has 11 heteroatoms. The Balaban J connectivity index is 5.22. The smallest absolute Gasteiger partial charge is 0.328 e. The highest BCUT2D eigenvalue weighted by Gasteiger charge is 2.32. The minimum atomic E-state index is -1.51. The number of carboxylic acid groups (broad SMARTS) is 1. The van der Waals surface area contributed by atoms with Crippen molar-refractivity contribution in [2.75, 3.05) is 13.1 Å². The number of amides is 3. The number of carboxylic acids is 1.